The number of rotatable bonds is 5. The normalized spacial score (nSPS) is 11.2. The van der Waals surface area contributed by atoms with Gasteiger partial charge in [-0.25, -0.2) is 4.98 Å². The lowest BCUT2D eigenvalue weighted by Crippen LogP contribution is -2.12. The Morgan fingerprint density at radius 3 is 2.15 bits per heavy atom. The molecule has 0 unspecified atom stereocenters. The standard InChI is InChI=1S/C19H17F3N4/c1-2-13-8-10-15(11-9-13)25-18-23-12-16(19(20,21)22)17(26-18)24-14-6-4-3-5-7-14/h3-12H,2H2,1H3,(H2,23,24,25,26). The second-order valence-electron chi connectivity index (χ2n) is 5.62. The summed E-state index contributed by atoms with van der Waals surface area (Å²) in [5, 5.41) is 5.64. The van der Waals surface area contributed by atoms with E-state index < -0.39 is 11.7 Å². The number of nitrogens with one attached hydrogen (secondary N) is 2. The van der Waals surface area contributed by atoms with Gasteiger partial charge < -0.3 is 10.6 Å². The molecule has 0 bridgehead atoms. The van der Waals surface area contributed by atoms with E-state index in [0.29, 0.717) is 11.4 Å². The zero-order valence-corrected chi connectivity index (χ0v) is 14.0. The summed E-state index contributed by atoms with van der Waals surface area (Å²) in [6, 6.07) is 16.1. The number of benzene rings is 2. The van der Waals surface area contributed by atoms with Crippen molar-refractivity contribution in [2.45, 2.75) is 19.5 Å². The summed E-state index contributed by atoms with van der Waals surface area (Å²) >= 11 is 0. The molecule has 134 valence electrons. The van der Waals surface area contributed by atoms with Crippen LogP contribution < -0.4 is 10.6 Å². The molecule has 0 radical (unpaired) electrons. The molecular weight excluding hydrogens is 341 g/mol. The summed E-state index contributed by atoms with van der Waals surface area (Å²) in [4.78, 5) is 7.82. The van der Waals surface area contributed by atoms with Gasteiger partial charge in [0.15, 0.2) is 0 Å². The van der Waals surface area contributed by atoms with Gasteiger partial charge >= 0.3 is 6.18 Å². The summed E-state index contributed by atoms with van der Waals surface area (Å²) in [5.74, 6) is -0.216. The van der Waals surface area contributed by atoms with E-state index in [9.17, 15) is 13.2 Å². The highest BCUT2D eigenvalue weighted by Crippen LogP contribution is 2.35. The van der Waals surface area contributed by atoms with Crippen LogP contribution in [0.5, 0.6) is 0 Å². The molecule has 0 amide bonds. The highest BCUT2D eigenvalue weighted by atomic mass is 19.4. The van der Waals surface area contributed by atoms with Gasteiger partial charge in [0.1, 0.15) is 11.4 Å². The van der Waals surface area contributed by atoms with Gasteiger partial charge in [-0.1, -0.05) is 37.3 Å². The molecule has 0 aliphatic rings. The minimum atomic E-state index is -4.56. The Labute approximate surface area is 149 Å². The van der Waals surface area contributed by atoms with Gasteiger partial charge in [0.2, 0.25) is 5.95 Å². The van der Waals surface area contributed by atoms with Crippen molar-refractivity contribution < 1.29 is 13.2 Å². The summed E-state index contributed by atoms with van der Waals surface area (Å²) in [6.07, 6.45) is -2.87. The van der Waals surface area contributed by atoms with Crippen LogP contribution in [-0.4, -0.2) is 9.97 Å². The maximum absolute atomic E-state index is 13.3. The van der Waals surface area contributed by atoms with Crippen molar-refractivity contribution >= 4 is 23.1 Å². The summed E-state index contributed by atoms with van der Waals surface area (Å²) in [7, 11) is 0. The summed E-state index contributed by atoms with van der Waals surface area (Å²) in [6.45, 7) is 2.04. The Hall–Kier alpha value is -3.09. The first-order chi connectivity index (χ1) is 12.5. The fraction of sp³-hybridized carbons (Fsp3) is 0.158. The third-order valence-corrected chi connectivity index (χ3v) is 3.75. The van der Waals surface area contributed by atoms with Crippen LogP contribution in [0.2, 0.25) is 0 Å². The van der Waals surface area contributed by atoms with Crippen LogP contribution in [0.25, 0.3) is 0 Å². The zero-order valence-electron chi connectivity index (χ0n) is 14.0. The second-order valence-corrected chi connectivity index (χ2v) is 5.62. The highest BCUT2D eigenvalue weighted by molar-refractivity contribution is 5.62. The van der Waals surface area contributed by atoms with Crippen LogP contribution in [0.4, 0.5) is 36.3 Å². The van der Waals surface area contributed by atoms with E-state index in [4.69, 9.17) is 0 Å². The summed E-state index contributed by atoms with van der Waals surface area (Å²) in [5.41, 5.74) is 1.45. The van der Waals surface area contributed by atoms with Gasteiger partial charge in [0.25, 0.3) is 0 Å². The topological polar surface area (TPSA) is 49.8 Å². The maximum atomic E-state index is 13.3. The number of halogens is 3. The van der Waals surface area contributed by atoms with Gasteiger partial charge in [-0.15, -0.1) is 0 Å². The van der Waals surface area contributed by atoms with E-state index in [1.165, 1.54) is 0 Å². The lowest BCUT2D eigenvalue weighted by Gasteiger charge is -2.15. The SMILES string of the molecule is CCc1ccc(Nc2ncc(C(F)(F)F)c(Nc3ccccc3)n2)cc1. The van der Waals surface area contributed by atoms with E-state index in [1.54, 1.807) is 30.3 Å². The fourth-order valence-corrected chi connectivity index (χ4v) is 2.36. The van der Waals surface area contributed by atoms with Crippen LogP contribution in [0.3, 0.4) is 0 Å². The van der Waals surface area contributed by atoms with E-state index in [-0.39, 0.29) is 11.8 Å². The molecule has 3 aromatic rings. The molecule has 2 N–H and O–H groups in total. The largest absolute Gasteiger partial charge is 0.421 e. The third-order valence-electron chi connectivity index (χ3n) is 3.75. The van der Waals surface area contributed by atoms with E-state index in [2.05, 4.69) is 20.6 Å². The number of hydrogen-bond donors (Lipinski definition) is 2. The number of hydrogen-bond acceptors (Lipinski definition) is 4. The first-order valence-corrected chi connectivity index (χ1v) is 8.08. The average Bonchev–Trinajstić information content (AvgIpc) is 2.62. The number of aromatic nitrogens is 2. The molecule has 2 aromatic carbocycles. The van der Waals surface area contributed by atoms with Gasteiger partial charge in [-0.05, 0) is 36.2 Å². The van der Waals surface area contributed by atoms with Crippen LogP contribution in [0, 0.1) is 0 Å². The smallest absolute Gasteiger partial charge is 0.340 e. The Morgan fingerprint density at radius 1 is 0.885 bits per heavy atom. The summed E-state index contributed by atoms with van der Waals surface area (Å²) < 4.78 is 39.8. The molecule has 0 fully saturated rings. The highest BCUT2D eigenvalue weighted by Gasteiger charge is 2.35. The molecule has 4 nitrogen and oxygen atoms in total. The first kappa shape index (κ1) is 17.7. The minimum absolute atomic E-state index is 0.0840. The van der Waals surface area contributed by atoms with E-state index in [1.807, 2.05) is 31.2 Å². The minimum Gasteiger partial charge on any atom is -0.340 e. The molecule has 0 aliphatic carbocycles. The maximum Gasteiger partial charge on any atom is 0.421 e. The Morgan fingerprint density at radius 2 is 1.54 bits per heavy atom. The molecule has 0 saturated carbocycles. The van der Waals surface area contributed by atoms with Gasteiger partial charge in [0.05, 0.1) is 0 Å². The van der Waals surface area contributed by atoms with Crippen LogP contribution in [0.1, 0.15) is 18.1 Å². The number of para-hydroxylation sites is 1. The number of aryl methyl sites for hydroxylation is 1. The van der Waals surface area contributed by atoms with E-state index >= 15 is 0 Å². The van der Waals surface area contributed by atoms with Crippen LogP contribution in [-0.2, 0) is 12.6 Å². The molecule has 1 heterocycles. The molecular formula is C19H17F3N4. The Kier molecular flexibility index (Phi) is 5.06. The quantitative estimate of drug-likeness (QED) is 0.628. The van der Waals surface area contributed by atoms with Crippen molar-refractivity contribution in [1.82, 2.24) is 9.97 Å². The van der Waals surface area contributed by atoms with Crippen molar-refractivity contribution in [3.63, 3.8) is 0 Å². The van der Waals surface area contributed by atoms with Crippen molar-refractivity contribution in [2.75, 3.05) is 10.6 Å². The Bertz CT molecular complexity index is 862. The monoisotopic (exact) mass is 358 g/mol. The van der Waals surface area contributed by atoms with Gasteiger partial charge in [-0.3, -0.25) is 0 Å². The molecule has 1 aromatic heterocycles. The molecule has 3 rings (SSSR count). The first-order valence-electron chi connectivity index (χ1n) is 8.08. The molecule has 26 heavy (non-hydrogen) atoms. The van der Waals surface area contributed by atoms with E-state index in [0.717, 1.165) is 18.2 Å². The fourth-order valence-electron chi connectivity index (χ4n) is 2.36. The van der Waals surface area contributed by atoms with Crippen molar-refractivity contribution in [2.24, 2.45) is 0 Å². The van der Waals surface area contributed by atoms with Crippen LogP contribution in [0.15, 0.2) is 60.8 Å². The average molecular weight is 358 g/mol. The lowest BCUT2D eigenvalue weighted by molar-refractivity contribution is -0.137. The molecule has 0 saturated heterocycles. The molecule has 0 aliphatic heterocycles. The number of alkyl halides is 3. The van der Waals surface area contributed by atoms with Gasteiger partial charge in [0, 0.05) is 17.6 Å². The molecule has 0 spiro atoms. The molecule has 7 heteroatoms. The van der Waals surface area contributed by atoms with Gasteiger partial charge in [-0.2, -0.15) is 18.2 Å². The number of nitrogens with zero attached hydrogens (tertiary/aromatic N) is 2. The van der Waals surface area contributed by atoms with Crippen molar-refractivity contribution in [3.8, 4) is 0 Å². The lowest BCUT2D eigenvalue weighted by atomic mass is 10.1. The third kappa shape index (κ3) is 4.30. The second kappa shape index (κ2) is 7.43. The predicted octanol–water partition coefficient (Wildman–Crippen LogP) is 5.55. The predicted molar refractivity (Wildman–Crippen MR) is 95.9 cm³/mol. The van der Waals surface area contributed by atoms with Crippen molar-refractivity contribution in [3.05, 3.63) is 71.9 Å². The van der Waals surface area contributed by atoms with Crippen molar-refractivity contribution in [1.29, 1.82) is 0 Å². The Balaban J connectivity index is 1.90. The van der Waals surface area contributed by atoms with Crippen LogP contribution >= 0.6 is 0 Å². The molecule has 0 atom stereocenters. The number of anilines is 4. The zero-order chi connectivity index (χ0) is 18.6.